The maximum absolute atomic E-state index is 9.87. The molecule has 1 aromatic carbocycles. The summed E-state index contributed by atoms with van der Waals surface area (Å²) in [5.41, 5.74) is 0. The van der Waals surface area contributed by atoms with E-state index in [0.29, 0.717) is 10.8 Å². The smallest absolute Gasteiger partial charge is 0.195 e. The van der Waals surface area contributed by atoms with E-state index < -0.39 is 37.3 Å². The lowest BCUT2D eigenvalue weighted by Crippen LogP contribution is -2.60. The van der Waals surface area contributed by atoms with Gasteiger partial charge in [0.1, 0.15) is 24.1 Å². The Labute approximate surface area is 114 Å². The van der Waals surface area contributed by atoms with Crippen LogP contribution in [0.5, 0.6) is 5.75 Å². The minimum atomic E-state index is -1.45. The van der Waals surface area contributed by atoms with Crippen LogP contribution in [0.15, 0.2) is 24.3 Å². The van der Waals surface area contributed by atoms with Gasteiger partial charge in [0.25, 0.3) is 0 Å². The SMILES string of the molecule is OC[C@H]1O[C@@H](O)[C@H](Oc2ccc(Cl)cc2)[C@@H](O)[C@@H]1O. The van der Waals surface area contributed by atoms with E-state index in [1.165, 1.54) is 0 Å². The van der Waals surface area contributed by atoms with Crippen molar-refractivity contribution in [3.05, 3.63) is 29.3 Å². The molecule has 1 saturated heterocycles. The van der Waals surface area contributed by atoms with Crippen LogP contribution >= 0.6 is 11.6 Å². The van der Waals surface area contributed by atoms with Crippen molar-refractivity contribution in [2.75, 3.05) is 6.61 Å². The van der Waals surface area contributed by atoms with Crippen LogP contribution in [0, 0.1) is 0 Å². The van der Waals surface area contributed by atoms with E-state index in [-0.39, 0.29) is 0 Å². The van der Waals surface area contributed by atoms with Gasteiger partial charge in [0, 0.05) is 5.02 Å². The van der Waals surface area contributed by atoms with Gasteiger partial charge in [-0.15, -0.1) is 0 Å². The Kier molecular flexibility index (Phi) is 4.62. The van der Waals surface area contributed by atoms with Crippen molar-refractivity contribution in [2.24, 2.45) is 0 Å². The lowest BCUT2D eigenvalue weighted by atomic mass is 9.99. The second-order valence-corrected chi connectivity index (χ2v) is 4.70. The Bertz CT molecular complexity index is 411. The third-order valence-corrected chi connectivity index (χ3v) is 3.18. The fourth-order valence-electron chi connectivity index (χ4n) is 1.87. The lowest BCUT2D eigenvalue weighted by Gasteiger charge is -2.39. The predicted octanol–water partition coefficient (Wildman–Crippen LogP) is -0.481. The molecule has 7 heteroatoms. The van der Waals surface area contributed by atoms with Crippen LogP contribution in [-0.2, 0) is 4.74 Å². The molecule has 0 spiro atoms. The number of halogens is 1. The normalized spacial score (nSPS) is 35.1. The first-order valence-electron chi connectivity index (χ1n) is 5.75. The van der Waals surface area contributed by atoms with Gasteiger partial charge >= 0.3 is 0 Å². The minimum Gasteiger partial charge on any atom is -0.482 e. The monoisotopic (exact) mass is 290 g/mol. The molecule has 2 rings (SSSR count). The van der Waals surface area contributed by atoms with Gasteiger partial charge in [-0.2, -0.15) is 0 Å². The number of aliphatic hydroxyl groups excluding tert-OH is 4. The number of hydrogen-bond acceptors (Lipinski definition) is 6. The van der Waals surface area contributed by atoms with E-state index in [4.69, 9.17) is 26.2 Å². The summed E-state index contributed by atoms with van der Waals surface area (Å²) in [7, 11) is 0. The Morgan fingerprint density at radius 1 is 1.11 bits per heavy atom. The van der Waals surface area contributed by atoms with Gasteiger partial charge < -0.3 is 29.9 Å². The molecule has 4 N–H and O–H groups in total. The summed E-state index contributed by atoms with van der Waals surface area (Å²) >= 11 is 5.73. The van der Waals surface area contributed by atoms with Crippen molar-refractivity contribution < 1.29 is 29.9 Å². The molecule has 1 aromatic rings. The molecule has 1 fully saturated rings. The molecule has 1 heterocycles. The molecule has 0 aromatic heterocycles. The van der Waals surface area contributed by atoms with Crippen LogP contribution in [0.25, 0.3) is 0 Å². The van der Waals surface area contributed by atoms with Gasteiger partial charge in [-0.3, -0.25) is 0 Å². The van der Waals surface area contributed by atoms with Crippen LogP contribution in [0.4, 0.5) is 0 Å². The molecule has 0 amide bonds. The molecule has 6 nitrogen and oxygen atoms in total. The Morgan fingerprint density at radius 2 is 1.74 bits per heavy atom. The largest absolute Gasteiger partial charge is 0.482 e. The third-order valence-electron chi connectivity index (χ3n) is 2.93. The van der Waals surface area contributed by atoms with E-state index in [0.717, 1.165) is 0 Å². The lowest BCUT2D eigenvalue weighted by molar-refractivity contribution is -0.280. The van der Waals surface area contributed by atoms with Gasteiger partial charge in [0.15, 0.2) is 12.4 Å². The summed E-state index contributed by atoms with van der Waals surface area (Å²) in [6, 6.07) is 6.30. The highest BCUT2D eigenvalue weighted by molar-refractivity contribution is 6.30. The average molecular weight is 291 g/mol. The van der Waals surface area contributed by atoms with Crippen molar-refractivity contribution in [2.45, 2.75) is 30.7 Å². The van der Waals surface area contributed by atoms with Gasteiger partial charge in [-0.25, -0.2) is 0 Å². The third kappa shape index (κ3) is 3.17. The molecule has 0 bridgehead atoms. The summed E-state index contributed by atoms with van der Waals surface area (Å²) in [4.78, 5) is 0. The summed E-state index contributed by atoms with van der Waals surface area (Å²) < 4.78 is 10.3. The van der Waals surface area contributed by atoms with Crippen LogP contribution in [0.2, 0.25) is 5.02 Å². The summed E-state index contributed by atoms with van der Waals surface area (Å²) in [6.07, 6.45) is -6.37. The summed E-state index contributed by atoms with van der Waals surface area (Å²) in [6.45, 7) is -0.511. The highest BCUT2D eigenvalue weighted by Crippen LogP contribution is 2.25. The van der Waals surface area contributed by atoms with E-state index in [2.05, 4.69) is 0 Å². The zero-order valence-corrected chi connectivity index (χ0v) is 10.6. The molecule has 1 aliphatic heterocycles. The van der Waals surface area contributed by atoms with Crippen molar-refractivity contribution in [3.63, 3.8) is 0 Å². The Morgan fingerprint density at radius 3 is 2.32 bits per heavy atom. The van der Waals surface area contributed by atoms with Crippen LogP contribution in [0.1, 0.15) is 0 Å². The number of benzene rings is 1. The maximum Gasteiger partial charge on any atom is 0.195 e. The van der Waals surface area contributed by atoms with Crippen molar-refractivity contribution in [1.29, 1.82) is 0 Å². The highest BCUT2D eigenvalue weighted by Gasteiger charge is 2.45. The zero-order valence-electron chi connectivity index (χ0n) is 9.89. The zero-order chi connectivity index (χ0) is 14.0. The Balaban J connectivity index is 2.09. The molecule has 0 aliphatic carbocycles. The van der Waals surface area contributed by atoms with E-state index in [1.54, 1.807) is 24.3 Å². The topological polar surface area (TPSA) is 99.4 Å². The second kappa shape index (κ2) is 6.04. The molecule has 0 saturated carbocycles. The first-order chi connectivity index (χ1) is 9.02. The highest BCUT2D eigenvalue weighted by atomic mass is 35.5. The van der Waals surface area contributed by atoms with Gasteiger partial charge in [-0.05, 0) is 24.3 Å². The van der Waals surface area contributed by atoms with Crippen molar-refractivity contribution >= 4 is 11.6 Å². The van der Waals surface area contributed by atoms with Crippen LogP contribution < -0.4 is 4.74 Å². The van der Waals surface area contributed by atoms with Crippen molar-refractivity contribution in [3.8, 4) is 5.75 Å². The van der Waals surface area contributed by atoms with Gasteiger partial charge in [-0.1, -0.05) is 11.6 Å². The molecular weight excluding hydrogens is 276 g/mol. The average Bonchev–Trinajstić information content (AvgIpc) is 2.41. The molecule has 1 aliphatic rings. The minimum absolute atomic E-state index is 0.366. The van der Waals surface area contributed by atoms with Gasteiger partial charge in [0.05, 0.1) is 6.61 Å². The molecule has 106 valence electrons. The van der Waals surface area contributed by atoms with Gasteiger partial charge in [0.2, 0.25) is 0 Å². The van der Waals surface area contributed by atoms with Crippen LogP contribution in [-0.4, -0.2) is 57.7 Å². The van der Waals surface area contributed by atoms with Crippen molar-refractivity contribution in [1.82, 2.24) is 0 Å². The number of ether oxygens (including phenoxy) is 2. The Hall–Kier alpha value is -0.890. The summed E-state index contributed by atoms with van der Waals surface area (Å²) in [5, 5.41) is 38.8. The fourth-order valence-corrected chi connectivity index (χ4v) is 2.00. The number of rotatable bonds is 3. The molecular formula is C12H15ClO6. The standard InChI is InChI=1S/C12H15ClO6/c13-6-1-3-7(4-2-6)18-11-10(16)9(15)8(5-14)19-12(11)17/h1-4,8-12,14-17H,5H2/t8-,9-,10+,11-,12-/m1/s1. The quantitative estimate of drug-likeness (QED) is 0.600. The first-order valence-corrected chi connectivity index (χ1v) is 6.13. The van der Waals surface area contributed by atoms with E-state index in [9.17, 15) is 15.3 Å². The second-order valence-electron chi connectivity index (χ2n) is 4.27. The maximum atomic E-state index is 9.87. The number of hydrogen-bond donors (Lipinski definition) is 4. The molecule has 19 heavy (non-hydrogen) atoms. The molecule has 0 unspecified atom stereocenters. The van der Waals surface area contributed by atoms with Crippen LogP contribution in [0.3, 0.4) is 0 Å². The first kappa shape index (κ1) is 14.5. The number of aliphatic hydroxyl groups is 4. The fraction of sp³-hybridized carbons (Fsp3) is 0.500. The van der Waals surface area contributed by atoms with E-state index in [1.807, 2.05) is 0 Å². The van der Waals surface area contributed by atoms with E-state index >= 15 is 0 Å². The molecule has 0 radical (unpaired) electrons. The molecule has 5 atom stereocenters. The summed E-state index contributed by atoms with van der Waals surface area (Å²) in [5.74, 6) is 0.366. The predicted molar refractivity (Wildman–Crippen MR) is 65.8 cm³/mol.